The third kappa shape index (κ3) is 3.44. The second-order valence-corrected chi connectivity index (χ2v) is 6.05. The molecule has 0 spiro atoms. The van der Waals surface area contributed by atoms with Crippen LogP contribution in [0.5, 0.6) is 0 Å². The van der Waals surface area contributed by atoms with Gasteiger partial charge in [0.1, 0.15) is 5.82 Å². The van der Waals surface area contributed by atoms with Gasteiger partial charge in [-0.2, -0.15) is 0 Å². The summed E-state index contributed by atoms with van der Waals surface area (Å²) in [6.07, 6.45) is 4.84. The SMILES string of the molecule is NC(=O)c1cccnc1N1CCN(C(=O)[C@@H]2CCCCN2)CC1. The zero-order valence-electron chi connectivity index (χ0n) is 13.2. The fourth-order valence-electron chi connectivity index (χ4n) is 3.26. The van der Waals surface area contributed by atoms with E-state index in [2.05, 4.69) is 10.3 Å². The largest absolute Gasteiger partial charge is 0.365 e. The number of carbonyl (C=O) groups excluding carboxylic acids is 2. The minimum Gasteiger partial charge on any atom is -0.365 e. The number of rotatable bonds is 3. The molecule has 0 unspecified atom stereocenters. The van der Waals surface area contributed by atoms with Gasteiger partial charge in [0, 0.05) is 32.4 Å². The Hall–Kier alpha value is -2.15. The van der Waals surface area contributed by atoms with E-state index in [1.54, 1.807) is 18.3 Å². The van der Waals surface area contributed by atoms with E-state index in [-0.39, 0.29) is 11.9 Å². The van der Waals surface area contributed by atoms with Gasteiger partial charge in [0.2, 0.25) is 5.91 Å². The van der Waals surface area contributed by atoms with E-state index in [1.807, 2.05) is 9.80 Å². The highest BCUT2D eigenvalue weighted by Gasteiger charge is 2.29. The normalized spacial score (nSPS) is 22.0. The van der Waals surface area contributed by atoms with E-state index in [9.17, 15) is 9.59 Å². The van der Waals surface area contributed by atoms with Gasteiger partial charge >= 0.3 is 0 Å². The maximum absolute atomic E-state index is 12.5. The number of nitrogens with two attached hydrogens (primary N) is 1. The number of anilines is 1. The number of pyridine rings is 1. The minimum absolute atomic E-state index is 0.0358. The number of nitrogens with one attached hydrogen (secondary N) is 1. The molecule has 124 valence electrons. The summed E-state index contributed by atoms with van der Waals surface area (Å²) in [5.74, 6) is 0.335. The van der Waals surface area contributed by atoms with Crippen LogP contribution in [-0.4, -0.2) is 60.5 Å². The smallest absolute Gasteiger partial charge is 0.252 e. The molecule has 7 nitrogen and oxygen atoms in total. The Morgan fingerprint density at radius 1 is 1.22 bits per heavy atom. The van der Waals surface area contributed by atoms with Crippen molar-refractivity contribution in [3.63, 3.8) is 0 Å². The number of hydrogen-bond acceptors (Lipinski definition) is 5. The minimum atomic E-state index is -0.474. The Kier molecular flexibility index (Phi) is 4.76. The summed E-state index contributed by atoms with van der Waals surface area (Å²) < 4.78 is 0. The summed E-state index contributed by atoms with van der Waals surface area (Å²) >= 11 is 0. The van der Waals surface area contributed by atoms with Crippen LogP contribution in [0.1, 0.15) is 29.6 Å². The van der Waals surface area contributed by atoms with Crippen molar-refractivity contribution in [3.05, 3.63) is 23.9 Å². The molecule has 2 saturated heterocycles. The van der Waals surface area contributed by atoms with Crippen molar-refractivity contribution < 1.29 is 9.59 Å². The van der Waals surface area contributed by atoms with Crippen LogP contribution in [-0.2, 0) is 4.79 Å². The highest BCUT2D eigenvalue weighted by molar-refractivity contribution is 5.97. The zero-order chi connectivity index (χ0) is 16.2. The third-order valence-electron chi connectivity index (χ3n) is 4.55. The van der Waals surface area contributed by atoms with Gasteiger partial charge in [0.15, 0.2) is 0 Å². The molecule has 3 heterocycles. The van der Waals surface area contributed by atoms with Crippen molar-refractivity contribution >= 4 is 17.6 Å². The highest BCUT2D eigenvalue weighted by atomic mass is 16.2. The molecule has 3 N–H and O–H groups in total. The Morgan fingerprint density at radius 2 is 2.00 bits per heavy atom. The number of nitrogens with zero attached hydrogens (tertiary/aromatic N) is 3. The fraction of sp³-hybridized carbons (Fsp3) is 0.562. The van der Waals surface area contributed by atoms with E-state index in [4.69, 9.17) is 5.73 Å². The second kappa shape index (κ2) is 6.95. The molecule has 2 aliphatic heterocycles. The molecular formula is C16H23N5O2. The third-order valence-corrected chi connectivity index (χ3v) is 4.55. The van der Waals surface area contributed by atoms with E-state index in [1.165, 1.54) is 0 Å². The molecule has 1 aromatic heterocycles. The molecule has 0 aromatic carbocycles. The molecule has 2 amide bonds. The topological polar surface area (TPSA) is 91.6 Å². The van der Waals surface area contributed by atoms with Crippen LogP contribution in [0.3, 0.4) is 0 Å². The number of amides is 2. The van der Waals surface area contributed by atoms with Crippen molar-refractivity contribution in [2.24, 2.45) is 5.73 Å². The summed E-state index contributed by atoms with van der Waals surface area (Å²) in [6.45, 7) is 3.54. The van der Waals surface area contributed by atoms with Crippen LogP contribution in [0.4, 0.5) is 5.82 Å². The number of piperidine rings is 1. The predicted molar refractivity (Wildman–Crippen MR) is 87.2 cm³/mol. The summed E-state index contributed by atoms with van der Waals surface area (Å²) in [6, 6.07) is 3.36. The molecule has 0 bridgehead atoms. The molecule has 2 fully saturated rings. The zero-order valence-corrected chi connectivity index (χ0v) is 13.2. The molecule has 23 heavy (non-hydrogen) atoms. The van der Waals surface area contributed by atoms with Crippen molar-refractivity contribution in [2.75, 3.05) is 37.6 Å². The van der Waals surface area contributed by atoms with Gasteiger partial charge in [-0.3, -0.25) is 9.59 Å². The summed E-state index contributed by atoms with van der Waals surface area (Å²) in [5.41, 5.74) is 5.85. The van der Waals surface area contributed by atoms with Crippen molar-refractivity contribution in [3.8, 4) is 0 Å². The van der Waals surface area contributed by atoms with Crippen LogP contribution in [0.2, 0.25) is 0 Å². The van der Waals surface area contributed by atoms with Crippen LogP contribution < -0.4 is 16.0 Å². The molecule has 3 rings (SSSR count). The van der Waals surface area contributed by atoms with Crippen molar-refractivity contribution in [1.82, 2.24) is 15.2 Å². The van der Waals surface area contributed by atoms with Gasteiger partial charge in [0.25, 0.3) is 5.91 Å². The molecular weight excluding hydrogens is 294 g/mol. The fourth-order valence-corrected chi connectivity index (χ4v) is 3.26. The monoisotopic (exact) mass is 317 g/mol. The van der Waals surface area contributed by atoms with Gasteiger partial charge in [-0.1, -0.05) is 6.42 Å². The van der Waals surface area contributed by atoms with Gasteiger partial charge in [0.05, 0.1) is 11.6 Å². The quantitative estimate of drug-likeness (QED) is 0.817. The van der Waals surface area contributed by atoms with Crippen LogP contribution in [0.15, 0.2) is 18.3 Å². The maximum Gasteiger partial charge on any atom is 0.252 e. The van der Waals surface area contributed by atoms with E-state index in [0.717, 1.165) is 25.8 Å². The number of hydrogen-bond donors (Lipinski definition) is 2. The average Bonchev–Trinajstić information content (AvgIpc) is 2.62. The molecule has 1 aromatic rings. The first kappa shape index (κ1) is 15.7. The molecule has 0 radical (unpaired) electrons. The van der Waals surface area contributed by atoms with Crippen LogP contribution >= 0.6 is 0 Å². The average molecular weight is 317 g/mol. The first-order chi connectivity index (χ1) is 11.2. The standard InChI is InChI=1S/C16H23N5O2/c17-14(22)12-4-3-7-19-15(12)20-8-10-21(11-9-20)16(23)13-5-1-2-6-18-13/h3-4,7,13,18H,1-2,5-6,8-11H2,(H2,17,22)/t13-/m0/s1. The van der Waals surface area contributed by atoms with Gasteiger partial charge < -0.3 is 20.9 Å². The van der Waals surface area contributed by atoms with Gasteiger partial charge in [-0.25, -0.2) is 4.98 Å². The number of carbonyl (C=O) groups is 2. The van der Waals surface area contributed by atoms with Gasteiger partial charge in [-0.05, 0) is 31.5 Å². The Bertz CT molecular complexity index is 578. The first-order valence-corrected chi connectivity index (χ1v) is 8.19. The van der Waals surface area contributed by atoms with Crippen molar-refractivity contribution in [1.29, 1.82) is 0 Å². The molecule has 2 aliphatic rings. The van der Waals surface area contributed by atoms with E-state index < -0.39 is 5.91 Å². The molecule has 0 saturated carbocycles. The number of aromatic nitrogens is 1. The first-order valence-electron chi connectivity index (χ1n) is 8.19. The maximum atomic E-state index is 12.5. The lowest BCUT2D eigenvalue weighted by molar-refractivity contribution is -0.134. The summed E-state index contributed by atoms with van der Waals surface area (Å²) in [7, 11) is 0. The number of piperazine rings is 1. The van der Waals surface area contributed by atoms with E-state index in [0.29, 0.717) is 37.6 Å². The molecule has 7 heteroatoms. The highest BCUT2D eigenvalue weighted by Crippen LogP contribution is 2.19. The Morgan fingerprint density at radius 3 is 2.65 bits per heavy atom. The lowest BCUT2D eigenvalue weighted by Gasteiger charge is -2.38. The van der Waals surface area contributed by atoms with Crippen molar-refractivity contribution in [2.45, 2.75) is 25.3 Å². The predicted octanol–water partition coefficient (Wildman–Crippen LogP) is -0.0288. The Labute approximate surface area is 135 Å². The van der Waals surface area contributed by atoms with Crippen LogP contribution in [0, 0.1) is 0 Å². The second-order valence-electron chi connectivity index (χ2n) is 6.05. The Balaban J connectivity index is 1.62. The molecule has 0 aliphatic carbocycles. The lowest BCUT2D eigenvalue weighted by Crippen LogP contribution is -2.55. The number of primary amides is 1. The summed E-state index contributed by atoms with van der Waals surface area (Å²) in [4.78, 5) is 32.3. The van der Waals surface area contributed by atoms with Gasteiger partial charge in [-0.15, -0.1) is 0 Å². The summed E-state index contributed by atoms with van der Waals surface area (Å²) in [5, 5.41) is 3.30. The van der Waals surface area contributed by atoms with Crippen LogP contribution in [0.25, 0.3) is 0 Å². The van der Waals surface area contributed by atoms with E-state index >= 15 is 0 Å². The molecule has 1 atom stereocenters. The lowest BCUT2D eigenvalue weighted by atomic mass is 10.0.